The Balaban J connectivity index is 1.84. The summed E-state index contributed by atoms with van der Waals surface area (Å²) in [5.74, 6) is -0.425. The Morgan fingerprint density at radius 1 is 1.00 bits per heavy atom. The van der Waals surface area contributed by atoms with Crippen LogP contribution in [0.1, 0.15) is 44.1 Å². The van der Waals surface area contributed by atoms with Crippen LogP contribution in [0.5, 0.6) is 0 Å². The molecule has 2 aliphatic rings. The summed E-state index contributed by atoms with van der Waals surface area (Å²) in [4.78, 5) is 13.0. The molecule has 1 atom stereocenters. The maximum atomic E-state index is 12.9. The van der Waals surface area contributed by atoms with Gasteiger partial charge in [0, 0.05) is 25.3 Å². The van der Waals surface area contributed by atoms with Crippen LogP contribution in [0, 0.1) is 6.92 Å². The van der Waals surface area contributed by atoms with E-state index in [0.29, 0.717) is 31.7 Å². The molecule has 0 spiro atoms. The second kappa shape index (κ2) is 8.71. The summed E-state index contributed by atoms with van der Waals surface area (Å²) < 4.78 is 52.7. The Kier molecular flexibility index (Phi) is 6.67. The van der Waals surface area contributed by atoms with Gasteiger partial charge >= 0.3 is 0 Å². The van der Waals surface area contributed by atoms with E-state index in [1.165, 1.54) is 14.7 Å². The third-order valence-electron chi connectivity index (χ3n) is 5.60. The maximum Gasteiger partial charge on any atom is 0.243 e. The number of sulfonamides is 2. The SMILES string of the molecule is Cc1ccc(S(=O)(=O)N2CCCCC2)cc1NC(=O)C1CCCCN1S(C)(=O)=O. The van der Waals surface area contributed by atoms with E-state index in [1.807, 2.05) is 0 Å². The molecule has 0 radical (unpaired) electrons. The molecule has 0 saturated carbocycles. The molecule has 2 saturated heterocycles. The second-order valence-electron chi connectivity index (χ2n) is 7.82. The fraction of sp³-hybridized carbons (Fsp3) is 0.632. The molecule has 8 nitrogen and oxygen atoms in total. The van der Waals surface area contributed by atoms with E-state index in [2.05, 4.69) is 5.32 Å². The van der Waals surface area contributed by atoms with Crippen molar-refractivity contribution in [3.8, 4) is 0 Å². The van der Waals surface area contributed by atoms with Crippen molar-refractivity contribution >= 4 is 31.6 Å². The Labute approximate surface area is 173 Å². The number of nitrogens with zero attached hydrogens (tertiary/aromatic N) is 2. The van der Waals surface area contributed by atoms with Gasteiger partial charge in [-0.2, -0.15) is 8.61 Å². The van der Waals surface area contributed by atoms with Gasteiger partial charge in [0.05, 0.1) is 11.2 Å². The molecule has 1 amide bonds. The predicted octanol–water partition coefficient (Wildman–Crippen LogP) is 1.92. The molecular formula is C19H29N3O5S2. The summed E-state index contributed by atoms with van der Waals surface area (Å²) in [6.07, 6.45) is 5.76. The highest BCUT2D eigenvalue weighted by atomic mass is 32.2. The number of amides is 1. The molecule has 2 aliphatic heterocycles. The zero-order valence-corrected chi connectivity index (χ0v) is 18.6. The number of nitrogens with one attached hydrogen (secondary N) is 1. The third-order valence-corrected chi connectivity index (χ3v) is 8.79. The zero-order valence-electron chi connectivity index (χ0n) is 16.9. The highest BCUT2D eigenvalue weighted by Gasteiger charge is 2.35. The number of carbonyl (C=O) groups excluding carboxylic acids is 1. The number of hydrogen-bond donors (Lipinski definition) is 1. The van der Waals surface area contributed by atoms with Gasteiger partial charge < -0.3 is 5.32 Å². The van der Waals surface area contributed by atoms with Crippen LogP contribution in [0.4, 0.5) is 5.69 Å². The predicted molar refractivity (Wildman–Crippen MR) is 112 cm³/mol. The highest BCUT2D eigenvalue weighted by Crippen LogP contribution is 2.27. The zero-order chi connectivity index (χ0) is 21.2. The summed E-state index contributed by atoms with van der Waals surface area (Å²) in [5, 5.41) is 2.77. The molecule has 1 aromatic carbocycles. The summed E-state index contributed by atoms with van der Waals surface area (Å²) in [5.41, 5.74) is 1.12. The smallest absolute Gasteiger partial charge is 0.243 e. The van der Waals surface area contributed by atoms with Gasteiger partial charge in [0.1, 0.15) is 6.04 Å². The van der Waals surface area contributed by atoms with Gasteiger partial charge in [0.25, 0.3) is 0 Å². The van der Waals surface area contributed by atoms with Gasteiger partial charge in [0.2, 0.25) is 26.0 Å². The van der Waals surface area contributed by atoms with E-state index < -0.39 is 32.0 Å². The van der Waals surface area contributed by atoms with Crippen LogP contribution in [0.2, 0.25) is 0 Å². The lowest BCUT2D eigenvalue weighted by molar-refractivity contribution is -0.120. The molecule has 29 heavy (non-hydrogen) atoms. The normalized spacial score (nSPS) is 22.3. The average molecular weight is 444 g/mol. The number of piperidine rings is 2. The fourth-order valence-corrected chi connectivity index (χ4v) is 6.60. The fourth-order valence-electron chi connectivity index (χ4n) is 3.93. The monoisotopic (exact) mass is 443 g/mol. The van der Waals surface area contributed by atoms with Crippen molar-refractivity contribution in [3.05, 3.63) is 23.8 Å². The topological polar surface area (TPSA) is 104 Å². The summed E-state index contributed by atoms with van der Waals surface area (Å²) in [6.45, 7) is 3.11. The lowest BCUT2D eigenvalue weighted by Gasteiger charge is -2.32. The van der Waals surface area contributed by atoms with E-state index in [-0.39, 0.29) is 4.90 Å². The Morgan fingerprint density at radius 3 is 2.31 bits per heavy atom. The standard InChI is InChI=1S/C19H29N3O5S2/c1-15-9-10-16(29(26,27)21-11-5-3-6-12-21)14-17(15)20-19(23)18-8-4-7-13-22(18)28(2,24)25/h9-10,14,18H,3-8,11-13H2,1-2H3,(H,20,23). The van der Waals surface area contributed by atoms with E-state index in [1.54, 1.807) is 19.1 Å². The summed E-state index contributed by atoms with van der Waals surface area (Å²) >= 11 is 0. The van der Waals surface area contributed by atoms with Crippen molar-refractivity contribution < 1.29 is 21.6 Å². The number of anilines is 1. The van der Waals surface area contributed by atoms with Gasteiger partial charge in [-0.15, -0.1) is 0 Å². The molecule has 1 unspecified atom stereocenters. The lowest BCUT2D eigenvalue weighted by Crippen LogP contribution is -2.49. The van der Waals surface area contributed by atoms with Crippen molar-refractivity contribution in [2.45, 2.75) is 56.4 Å². The van der Waals surface area contributed by atoms with Crippen LogP contribution in [-0.4, -0.2) is 63.3 Å². The highest BCUT2D eigenvalue weighted by molar-refractivity contribution is 7.89. The van der Waals surface area contributed by atoms with Gasteiger partial charge in [0.15, 0.2) is 0 Å². The minimum Gasteiger partial charge on any atom is -0.324 e. The maximum absolute atomic E-state index is 12.9. The van der Waals surface area contributed by atoms with E-state index in [4.69, 9.17) is 0 Å². The van der Waals surface area contributed by atoms with Crippen molar-refractivity contribution in [1.29, 1.82) is 0 Å². The molecule has 1 N–H and O–H groups in total. The van der Waals surface area contributed by atoms with E-state index >= 15 is 0 Å². The van der Waals surface area contributed by atoms with Crippen LogP contribution >= 0.6 is 0 Å². The molecular weight excluding hydrogens is 414 g/mol. The summed E-state index contributed by atoms with van der Waals surface area (Å²) in [7, 11) is -7.12. The van der Waals surface area contributed by atoms with Gasteiger partial charge in [-0.1, -0.05) is 18.9 Å². The van der Waals surface area contributed by atoms with Gasteiger partial charge in [-0.25, -0.2) is 16.8 Å². The van der Waals surface area contributed by atoms with Crippen LogP contribution in [-0.2, 0) is 24.8 Å². The first-order chi connectivity index (χ1) is 13.6. The van der Waals surface area contributed by atoms with E-state index in [9.17, 15) is 21.6 Å². The minimum absolute atomic E-state index is 0.143. The van der Waals surface area contributed by atoms with Crippen molar-refractivity contribution in [1.82, 2.24) is 8.61 Å². The molecule has 162 valence electrons. The van der Waals surface area contributed by atoms with Crippen LogP contribution in [0.3, 0.4) is 0 Å². The number of benzene rings is 1. The van der Waals surface area contributed by atoms with Crippen LogP contribution in [0.25, 0.3) is 0 Å². The Bertz CT molecular complexity index is 970. The Morgan fingerprint density at radius 2 is 1.66 bits per heavy atom. The lowest BCUT2D eigenvalue weighted by atomic mass is 10.0. The number of hydrogen-bond acceptors (Lipinski definition) is 5. The third kappa shape index (κ3) is 4.99. The molecule has 2 heterocycles. The molecule has 10 heteroatoms. The first kappa shape index (κ1) is 22.2. The van der Waals surface area contributed by atoms with E-state index in [0.717, 1.165) is 43.9 Å². The first-order valence-electron chi connectivity index (χ1n) is 9.99. The average Bonchev–Trinajstić information content (AvgIpc) is 2.69. The minimum atomic E-state index is -3.62. The van der Waals surface area contributed by atoms with Crippen LogP contribution < -0.4 is 5.32 Å². The number of carbonyl (C=O) groups is 1. The Hall–Kier alpha value is -1.49. The first-order valence-corrected chi connectivity index (χ1v) is 13.3. The molecule has 1 aromatic rings. The van der Waals surface area contributed by atoms with Crippen molar-refractivity contribution in [3.63, 3.8) is 0 Å². The quantitative estimate of drug-likeness (QED) is 0.749. The molecule has 2 fully saturated rings. The summed E-state index contributed by atoms with van der Waals surface area (Å²) in [6, 6.07) is 3.92. The molecule has 0 aliphatic carbocycles. The molecule has 0 aromatic heterocycles. The van der Waals surface area contributed by atoms with Crippen molar-refractivity contribution in [2.75, 3.05) is 31.2 Å². The van der Waals surface area contributed by atoms with Crippen LogP contribution in [0.15, 0.2) is 23.1 Å². The van der Waals surface area contributed by atoms with Gasteiger partial charge in [-0.05, 0) is 50.3 Å². The molecule has 0 bridgehead atoms. The second-order valence-corrected chi connectivity index (χ2v) is 11.7. The largest absolute Gasteiger partial charge is 0.324 e. The number of rotatable bonds is 5. The molecule has 3 rings (SSSR count). The van der Waals surface area contributed by atoms with Gasteiger partial charge in [-0.3, -0.25) is 4.79 Å². The number of aryl methyl sites for hydroxylation is 1. The van der Waals surface area contributed by atoms with Crippen molar-refractivity contribution in [2.24, 2.45) is 0 Å².